The van der Waals surface area contributed by atoms with Crippen LogP contribution in [-0.2, 0) is 18.0 Å². The van der Waals surface area contributed by atoms with E-state index in [9.17, 15) is 17.6 Å². The van der Waals surface area contributed by atoms with Crippen molar-refractivity contribution in [3.63, 3.8) is 0 Å². The molecule has 0 spiro atoms. The SMILES string of the molecule is CC(C)(CCCc1cccc(Oc2ccc(F)cc2)c1)c1cccc(C(F)(F)F)c1. The van der Waals surface area contributed by atoms with Crippen LogP contribution in [0.5, 0.6) is 11.5 Å². The third-order valence-corrected chi connectivity index (χ3v) is 5.19. The van der Waals surface area contributed by atoms with Crippen molar-refractivity contribution in [3.8, 4) is 11.5 Å². The fourth-order valence-electron chi connectivity index (χ4n) is 3.40. The van der Waals surface area contributed by atoms with Crippen LogP contribution in [0, 0.1) is 5.82 Å². The minimum atomic E-state index is -4.34. The Hall–Kier alpha value is -2.82. The lowest BCUT2D eigenvalue weighted by molar-refractivity contribution is -0.137. The number of hydrogen-bond donors (Lipinski definition) is 0. The predicted molar refractivity (Wildman–Crippen MR) is 110 cm³/mol. The Morgan fingerprint density at radius 1 is 0.767 bits per heavy atom. The molecule has 0 unspecified atom stereocenters. The highest BCUT2D eigenvalue weighted by molar-refractivity contribution is 5.34. The summed E-state index contributed by atoms with van der Waals surface area (Å²) in [5.41, 5.74) is 0.780. The molecule has 0 radical (unpaired) electrons. The molecule has 5 heteroatoms. The average molecular weight is 416 g/mol. The number of rotatable bonds is 7. The number of benzene rings is 3. The quantitative estimate of drug-likeness (QED) is 0.355. The topological polar surface area (TPSA) is 9.23 Å². The Balaban J connectivity index is 1.61. The summed E-state index contributed by atoms with van der Waals surface area (Å²) in [7, 11) is 0. The van der Waals surface area contributed by atoms with Crippen LogP contribution in [0.2, 0.25) is 0 Å². The van der Waals surface area contributed by atoms with Crippen molar-refractivity contribution in [2.45, 2.75) is 44.7 Å². The molecular formula is C25H24F4O. The summed E-state index contributed by atoms with van der Waals surface area (Å²) in [6, 6.07) is 19.1. The standard InChI is InChI=1S/C25H24F4O/c1-24(2,19-8-4-9-20(17-19)25(27,28)29)15-5-7-18-6-3-10-23(16-18)30-22-13-11-21(26)12-14-22/h3-4,6,8-14,16-17H,5,7,15H2,1-2H3. The number of alkyl halides is 3. The minimum Gasteiger partial charge on any atom is -0.457 e. The molecule has 0 aromatic heterocycles. The summed E-state index contributed by atoms with van der Waals surface area (Å²) in [5, 5.41) is 0. The second kappa shape index (κ2) is 8.90. The molecule has 3 aromatic rings. The van der Waals surface area contributed by atoms with Gasteiger partial charge in [0.1, 0.15) is 17.3 Å². The van der Waals surface area contributed by atoms with Gasteiger partial charge in [0.2, 0.25) is 0 Å². The summed E-state index contributed by atoms with van der Waals surface area (Å²) in [6.45, 7) is 3.94. The van der Waals surface area contributed by atoms with E-state index >= 15 is 0 Å². The van der Waals surface area contributed by atoms with E-state index < -0.39 is 11.7 Å². The van der Waals surface area contributed by atoms with Gasteiger partial charge < -0.3 is 4.74 Å². The zero-order valence-electron chi connectivity index (χ0n) is 17.0. The van der Waals surface area contributed by atoms with Crippen molar-refractivity contribution in [2.75, 3.05) is 0 Å². The molecular weight excluding hydrogens is 392 g/mol. The third kappa shape index (κ3) is 5.85. The highest BCUT2D eigenvalue weighted by atomic mass is 19.4. The molecule has 3 rings (SSSR count). The molecule has 3 aromatic carbocycles. The lowest BCUT2D eigenvalue weighted by atomic mass is 9.79. The molecule has 0 aliphatic carbocycles. The van der Waals surface area contributed by atoms with Gasteiger partial charge in [-0.1, -0.05) is 44.2 Å². The maximum Gasteiger partial charge on any atom is 0.416 e. The van der Waals surface area contributed by atoms with E-state index in [-0.39, 0.29) is 11.2 Å². The molecule has 0 fully saturated rings. The first kappa shape index (κ1) is 21.9. The smallest absolute Gasteiger partial charge is 0.416 e. The van der Waals surface area contributed by atoms with Crippen LogP contribution in [0.4, 0.5) is 17.6 Å². The zero-order valence-corrected chi connectivity index (χ0v) is 17.0. The molecule has 0 atom stereocenters. The molecule has 0 bridgehead atoms. The molecule has 30 heavy (non-hydrogen) atoms. The van der Waals surface area contributed by atoms with Crippen LogP contribution in [-0.4, -0.2) is 0 Å². The second-order valence-corrected chi connectivity index (χ2v) is 8.02. The van der Waals surface area contributed by atoms with Crippen molar-refractivity contribution in [1.82, 2.24) is 0 Å². The summed E-state index contributed by atoms with van der Waals surface area (Å²) >= 11 is 0. The van der Waals surface area contributed by atoms with Gasteiger partial charge in [-0.15, -0.1) is 0 Å². The van der Waals surface area contributed by atoms with Gasteiger partial charge >= 0.3 is 6.18 Å². The first-order valence-electron chi connectivity index (χ1n) is 9.84. The highest BCUT2D eigenvalue weighted by Crippen LogP contribution is 2.35. The van der Waals surface area contributed by atoms with Crippen molar-refractivity contribution in [2.24, 2.45) is 0 Å². The van der Waals surface area contributed by atoms with E-state index in [0.29, 0.717) is 17.1 Å². The second-order valence-electron chi connectivity index (χ2n) is 8.02. The van der Waals surface area contributed by atoms with E-state index in [0.717, 1.165) is 30.9 Å². The molecule has 0 amide bonds. The molecule has 0 aliphatic heterocycles. The summed E-state index contributed by atoms with van der Waals surface area (Å²) < 4.78 is 57.8. The molecule has 0 saturated heterocycles. The minimum absolute atomic E-state index is 0.320. The van der Waals surface area contributed by atoms with Crippen molar-refractivity contribution >= 4 is 0 Å². The fraction of sp³-hybridized carbons (Fsp3) is 0.280. The van der Waals surface area contributed by atoms with Gasteiger partial charge in [0.15, 0.2) is 0 Å². The van der Waals surface area contributed by atoms with E-state index in [1.165, 1.54) is 24.3 Å². The lowest BCUT2D eigenvalue weighted by Crippen LogP contribution is -2.18. The number of halogens is 4. The predicted octanol–water partition coefficient (Wildman–Crippen LogP) is 7.94. The van der Waals surface area contributed by atoms with Gasteiger partial charge in [-0.05, 0) is 78.3 Å². The normalized spacial score (nSPS) is 12.1. The Morgan fingerprint density at radius 2 is 1.43 bits per heavy atom. The van der Waals surface area contributed by atoms with Crippen LogP contribution in [0.15, 0.2) is 72.8 Å². The maximum atomic E-state index is 13.0. The molecule has 1 nitrogen and oxygen atoms in total. The van der Waals surface area contributed by atoms with Gasteiger partial charge in [-0.25, -0.2) is 4.39 Å². The van der Waals surface area contributed by atoms with Crippen LogP contribution in [0.3, 0.4) is 0 Å². The van der Waals surface area contributed by atoms with Crippen LogP contribution < -0.4 is 4.74 Å². The van der Waals surface area contributed by atoms with Crippen LogP contribution >= 0.6 is 0 Å². The van der Waals surface area contributed by atoms with Crippen LogP contribution in [0.25, 0.3) is 0 Å². The van der Waals surface area contributed by atoms with E-state index in [4.69, 9.17) is 4.74 Å². The fourth-order valence-corrected chi connectivity index (χ4v) is 3.40. The third-order valence-electron chi connectivity index (χ3n) is 5.19. The number of aryl methyl sites for hydroxylation is 1. The first-order chi connectivity index (χ1) is 14.1. The zero-order chi connectivity index (χ0) is 21.8. The Morgan fingerprint density at radius 3 is 2.13 bits per heavy atom. The number of ether oxygens (including phenoxy) is 1. The molecule has 0 N–H and O–H groups in total. The van der Waals surface area contributed by atoms with E-state index in [1.54, 1.807) is 18.2 Å². The first-order valence-corrected chi connectivity index (χ1v) is 9.84. The molecule has 0 heterocycles. The Labute approximate surface area is 174 Å². The molecule has 0 saturated carbocycles. The Kier molecular flexibility index (Phi) is 6.49. The molecule has 158 valence electrons. The summed E-state index contributed by atoms with van der Waals surface area (Å²) in [6.07, 6.45) is -1.99. The van der Waals surface area contributed by atoms with Gasteiger partial charge in [-0.3, -0.25) is 0 Å². The van der Waals surface area contributed by atoms with Gasteiger partial charge in [0.05, 0.1) is 5.56 Å². The van der Waals surface area contributed by atoms with Crippen molar-refractivity contribution < 1.29 is 22.3 Å². The summed E-state index contributed by atoms with van der Waals surface area (Å²) in [5.74, 6) is 0.898. The largest absolute Gasteiger partial charge is 0.457 e. The lowest BCUT2D eigenvalue weighted by Gasteiger charge is -2.26. The van der Waals surface area contributed by atoms with Gasteiger partial charge in [0, 0.05) is 0 Å². The maximum absolute atomic E-state index is 13.0. The monoisotopic (exact) mass is 416 g/mol. The van der Waals surface area contributed by atoms with E-state index in [2.05, 4.69) is 0 Å². The molecule has 0 aliphatic rings. The Bertz CT molecular complexity index is 975. The van der Waals surface area contributed by atoms with Crippen molar-refractivity contribution in [3.05, 3.63) is 95.3 Å². The van der Waals surface area contributed by atoms with Gasteiger partial charge in [-0.2, -0.15) is 13.2 Å². The van der Waals surface area contributed by atoms with E-state index in [1.807, 2.05) is 38.1 Å². The number of hydrogen-bond acceptors (Lipinski definition) is 1. The summed E-state index contributed by atoms with van der Waals surface area (Å²) in [4.78, 5) is 0. The van der Waals surface area contributed by atoms with Gasteiger partial charge in [0.25, 0.3) is 0 Å². The highest BCUT2D eigenvalue weighted by Gasteiger charge is 2.32. The van der Waals surface area contributed by atoms with Crippen LogP contribution in [0.1, 0.15) is 43.4 Å². The average Bonchev–Trinajstić information content (AvgIpc) is 2.69. The van der Waals surface area contributed by atoms with Crippen molar-refractivity contribution in [1.29, 1.82) is 0 Å².